The van der Waals surface area contributed by atoms with Crippen LogP contribution in [0.25, 0.3) is 0 Å². The molecule has 1 saturated carbocycles. The van der Waals surface area contributed by atoms with E-state index in [1.165, 1.54) is 13.5 Å². The number of rotatable bonds is 5. The minimum atomic E-state index is -0.359. The van der Waals surface area contributed by atoms with E-state index in [1.807, 2.05) is 6.07 Å². The predicted octanol–water partition coefficient (Wildman–Crippen LogP) is 1.53. The van der Waals surface area contributed by atoms with Crippen molar-refractivity contribution in [1.29, 1.82) is 0 Å². The highest BCUT2D eigenvalue weighted by Gasteiger charge is 2.26. The van der Waals surface area contributed by atoms with E-state index in [1.54, 1.807) is 19.4 Å². The molecule has 0 amide bonds. The number of hydrogen-bond donors (Lipinski definition) is 1. The van der Waals surface area contributed by atoms with Crippen LogP contribution in [0.5, 0.6) is 0 Å². The van der Waals surface area contributed by atoms with Gasteiger partial charge in [0.2, 0.25) is 0 Å². The van der Waals surface area contributed by atoms with E-state index in [2.05, 4.69) is 15.0 Å². The Kier molecular flexibility index (Phi) is 4.87. The fourth-order valence-electron chi connectivity index (χ4n) is 2.44. The van der Waals surface area contributed by atoms with E-state index in [-0.39, 0.29) is 5.97 Å². The molecule has 1 aliphatic carbocycles. The van der Waals surface area contributed by atoms with Gasteiger partial charge in [-0.05, 0) is 31.4 Å². The van der Waals surface area contributed by atoms with Crippen molar-refractivity contribution in [3.8, 4) is 0 Å². The van der Waals surface area contributed by atoms with E-state index >= 15 is 0 Å². The van der Waals surface area contributed by atoms with Crippen LogP contribution in [0.1, 0.15) is 35.3 Å². The molecule has 1 heterocycles. The van der Waals surface area contributed by atoms with Crippen LogP contribution in [-0.2, 0) is 16.0 Å². The Bertz CT molecular complexity index is 419. The lowest BCUT2D eigenvalue weighted by atomic mass is 10.2. The molecule has 5 nitrogen and oxygen atoms in total. The van der Waals surface area contributed by atoms with Crippen LogP contribution in [0, 0.1) is 0 Å². The van der Waals surface area contributed by atoms with Crippen LogP contribution in [0.2, 0.25) is 0 Å². The van der Waals surface area contributed by atoms with Crippen LogP contribution in [-0.4, -0.2) is 37.3 Å². The quantitative estimate of drug-likeness (QED) is 0.817. The zero-order valence-corrected chi connectivity index (χ0v) is 11.4. The molecule has 1 aliphatic rings. The molecule has 2 rings (SSSR count). The summed E-state index contributed by atoms with van der Waals surface area (Å²) in [6.45, 7) is 0.686. The standard InChI is InChI=1S/C14H20N2O3/c1-18-13-5-3-4-12(13)16-9-11-7-6-10(8-15-11)14(17)19-2/h6-8,12-13,16H,3-5,9H2,1-2H3. The highest BCUT2D eigenvalue weighted by atomic mass is 16.5. The maximum atomic E-state index is 11.3. The average molecular weight is 264 g/mol. The molecule has 0 bridgehead atoms. The van der Waals surface area contributed by atoms with Gasteiger partial charge in [0.25, 0.3) is 0 Å². The topological polar surface area (TPSA) is 60.5 Å². The number of methoxy groups -OCH3 is 2. The monoisotopic (exact) mass is 264 g/mol. The third-order valence-electron chi connectivity index (χ3n) is 3.55. The molecule has 2 unspecified atom stereocenters. The van der Waals surface area contributed by atoms with Crippen molar-refractivity contribution in [3.05, 3.63) is 29.6 Å². The van der Waals surface area contributed by atoms with Crippen molar-refractivity contribution in [1.82, 2.24) is 10.3 Å². The number of carbonyl (C=O) groups is 1. The van der Waals surface area contributed by atoms with E-state index in [4.69, 9.17) is 4.74 Å². The fraction of sp³-hybridized carbons (Fsp3) is 0.571. The first-order valence-corrected chi connectivity index (χ1v) is 6.54. The highest BCUT2D eigenvalue weighted by molar-refractivity contribution is 5.88. The first-order chi connectivity index (χ1) is 9.24. The summed E-state index contributed by atoms with van der Waals surface area (Å²) in [6.07, 6.45) is 5.30. The molecule has 1 aromatic rings. The van der Waals surface area contributed by atoms with Crippen molar-refractivity contribution in [2.24, 2.45) is 0 Å². The maximum Gasteiger partial charge on any atom is 0.339 e. The molecule has 1 aromatic heterocycles. The lowest BCUT2D eigenvalue weighted by molar-refractivity contribution is 0.0600. The van der Waals surface area contributed by atoms with Gasteiger partial charge in [-0.3, -0.25) is 4.98 Å². The van der Waals surface area contributed by atoms with Gasteiger partial charge in [-0.1, -0.05) is 0 Å². The van der Waals surface area contributed by atoms with Crippen molar-refractivity contribution in [2.45, 2.75) is 38.0 Å². The lowest BCUT2D eigenvalue weighted by Crippen LogP contribution is -2.36. The van der Waals surface area contributed by atoms with Gasteiger partial charge in [-0.15, -0.1) is 0 Å². The summed E-state index contributed by atoms with van der Waals surface area (Å²) in [5.41, 5.74) is 1.39. The highest BCUT2D eigenvalue weighted by Crippen LogP contribution is 2.21. The minimum Gasteiger partial charge on any atom is -0.465 e. The van der Waals surface area contributed by atoms with Crippen LogP contribution >= 0.6 is 0 Å². The number of carbonyl (C=O) groups excluding carboxylic acids is 1. The molecule has 2 atom stereocenters. The van der Waals surface area contributed by atoms with Crippen LogP contribution < -0.4 is 5.32 Å². The number of ether oxygens (including phenoxy) is 2. The smallest absolute Gasteiger partial charge is 0.339 e. The fourth-order valence-corrected chi connectivity index (χ4v) is 2.44. The molecular formula is C14H20N2O3. The molecule has 19 heavy (non-hydrogen) atoms. The summed E-state index contributed by atoms with van der Waals surface area (Å²) in [5.74, 6) is -0.359. The first-order valence-electron chi connectivity index (χ1n) is 6.54. The molecular weight excluding hydrogens is 244 g/mol. The lowest BCUT2D eigenvalue weighted by Gasteiger charge is -2.19. The summed E-state index contributed by atoms with van der Waals surface area (Å²) in [5, 5.41) is 3.46. The summed E-state index contributed by atoms with van der Waals surface area (Å²) in [6, 6.07) is 3.97. The summed E-state index contributed by atoms with van der Waals surface area (Å²) >= 11 is 0. The van der Waals surface area contributed by atoms with E-state index in [0.717, 1.165) is 18.5 Å². The first kappa shape index (κ1) is 14.0. The van der Waals surface area contributed by atoms with Gasteiger partial charge in [0.1, 0.15) is 0 Å². The second kappa shape index (κ2) is 6.63. The molecule has 1 fully saturated rings. The van der Waals surface area contributed by atoms with Gasteiger partial charge < -0.3 is 14.8 Å². The molecule has 0 saturated heterocycles. The zero-order chi connectivity index (χ0) is 13.7. The minimum absolute atomic E-state index is 0.300. The third kappa shape index (κ3) is 3.52. The largest absolute Gasteiger partial charge is 0.465 e. The second-order valence-corrected chi connectivity index (χ2v) is 4.72. The molecule has 0 radical (unpaired) electrons. The average Bonchev–Trinajstić information content (AvgIpc) is 2.92. The molecule has 5 heteroatoms. The molecule has 0 spiro atoms. The van der Waals surface area contributed by atoms with Crippen LogP contribution in [0.4, 0.5) is 0 Å². The maximum absolute atomic E-state index is 11.3. The Labute approximate surface area is 113 Å². The molecule has 104 valence electrons. The number of nitrogens with zero attached hydrogens (tertiary/aromatic N) is 1. The summed E-state index contributed by atoms with van der Waals surface area (Å²) < 4.78 is 10.1. The zero-order valence-electron chi connectivity index (χ0n) is 11.4. The Morgan fingerprint density at radius 1 is 1.42 bits per heavy atom. The van der Waals surface area contributed by atoms with Crippen molar-refractivity contribution in [3.63, 3.8) is 0 Å². The SMILES string of the molecule is COC(=O)c1ccc(CNC2CCCC2OC)nc1. The number of nitrogens with one attached hydrogen (secondary N) is 1. The molecule has 0 aliphatic heterocycles. The van der Waals surface area contributed by atoms with Gasteiger partial charge in [0.15, 0.2) is 0 Å². The van der Waals surface area contributed by atoms with Gasteiger partial charge in [-0.25, -0.2) is 4.79 Å². The van der Waals surface area contributed by atoms with Crippen LogP contribution in [0.3, 0.4) is 0 Å². The number of esters is 1. The van der Waals surface area contributed by atoms with Gasteiger partial charge >= 0.3 is 5.97 Å². The van der Waals surface area contributed by atoms with Gasteiger partial charge in [0, 0.05) is 25.9 Å². The third-order valence-corrected chi connectivity index (χ3v) is 3.55. The Morgan fingerprint density at radius 2 is 2.26 bits per heavy atom. The number of aromatic nitrogens is 1. The second-order valence-electron chi connectivity index (χ2n) is 4.72. The van der Waals surface area contributed by atoms with Crippen molar-refractivity contribution in [2.75, 3.05) is 14.2 Å². The van der Waals surface area contributed by atoms with Gasteiger partial charge in [0.05, 0.1) is 24.5 Å². The molecule has 0 aromatic carbocycles. The summed E-state index contributed by atoms with van der Waals surface area (Å²) in [7, 11) is 3.12. The number of hydrogen-bond acceptors (Lipinski definition) is 5. The Hall–Kier alpha value is -1.46. The van der Waals surface area contributed by atoms with Crippen molar-refractivity contribution < 1.29 is 14.3 Å². The van der Waals surface area contributed by atoms with Crippen LogP contribution in [0.15, 0.2) is 18.3 Å². The Balaban J connectivity index is 1.88. The Morgan fingerprint density at radius 3 is 2.89 bits per heavy atom. The van der Waals surface area contributed by atoms with E-state index < -0.39 is 0 Å². The predicted molar refractivity (Wildman–Crippen MR) is 70.9 cm³/mol. The van der Waals surface area contributed by atoms with E-state index in [9.17, 15) is 4.79 Å². The normalized spacial score (nSPS) is 22.4. The number of pyridine rings is 1. The summed E-state index contributed by atoms with van der Waals surface area (Å²) in [4.78, 5) is 15.5. The van der Waals surface area contributed by atoms with Crippen molar-refractivity contribution >= 4 is 5.97 Å². The van der Waals surface area contributed by atoms with Gasteiger partial charge in [-0.2, -0.15) is 0 Å². The molecule has 1 N–H and O–H groups in total. The van der Waals surface area contributed by atoms with E-state index in [0.29, 0.717) is 24.3 Å².